The van der Waals surface area contributed by atoms with Gasteiger partial charge in [-0.3, -0.25) is 9.36 Å². The van der Waals surface area contributed by atoms with Crippen molar-refractivity contribution >= 4 is 17.2 Å². The first kappa shape index (κ1) is 17.5. The van der Waals surface area contributed by atoms with Gasteiger partial charge in [0, 0.05) is 18.0 Å². The predicted octanol–water partition coefficient (Wildman–Crippen LogP) is 2.08. The lowest BCUT2D eigenvalue weighted by molar-refractivity contribution is -0.138. The predicted molar refractivity (Wildman–Crippen MR) is 97.9 cm³/mol. The highest BCUT2D eigenvalue weighted by molar-refractivity contribution is 7.09. The lowest BCUT2D eigenvalue weighted by Gasteiger charge is -2.31. The summed E-state index contributed by atoms with van der Waals surface area (Å²) >= 11 is 1.68. The van der Waals surface area contributed by atoms with Crippen LogP contribution in [0.15, 0.2) is 22.3 Å². The van der Waals surface area contributed by atoms with E-state index in [4.69, 9.17) is 4.74 Å². The fourth-order valence-electron chi connectivity index (χ4n) is 3.97. The molecule has 3 heterocycles. The molecule has 2 aromatic heterocycles. The zero-order chi connectivity index (χ0) is 18.1. The summed E-state index contributed by atoms with van der Waals surface area (Å²) in [5.74, 6) is 0.654. The fourth-order valence-corrected chi connectivity index (χ4v) is 4.67. The van der Waals surface area contributed by atoms with Gasteiger partial charge in [-0.15, -0.1) is 11.3 Å². The molecular weight excluding hydrogens is 352 g/mol. The van der Waals surface area contributed by atoms with Crippen molar-refractivity contribution in [3.8, 4) is 0 Å². The van der Waals surface area contributed by atoms with Crippen LogP contribution in [0.1, 0.15) is 48.9 Å². The number of carbonyl (C=O) groups excluding carboxylic acids is 1. The molecule has 0 aromatic carbocycles. The van der Waals surface area contributed by atoms with Gasteiger partial charge in [0.1, 0.15) is 6.10 Å². The number of thiophene rings is 1. The number of aromatic nitrogens is 3. The minimum Gasteiger partial charge on any atom is -0.368 e. The van der Waals surface area contributed by atoms with Gasteiger partial charge in [0.2, 0.25) is 5.91 Å². The summed E-state index contributed by atoms with van der Waals surface area (Å²) in [5.41, 5.74) is -0.146. The molecule has 26 heavy (non-hydrogen) atoms. The van der Waals surface area contributed by atoms with E-state index in [0.717, 1.165) is 12.8 Å². The van der Waals surface area contributed by atoms with Crippen molar-refractivity contribution < 1.29 is 9.53 Å². The number of hydrogen-bond donors (Lipinski definition) is 0. The molecule has 0 N–H and O–H groups in total. The molecular formula is C18H24N4O3S. The molecule has 1 unspecified atom stereocenters. The third-order valence-corrected chi connectivity index (χ3v) is 6.17. The van der Waals surface area contributed by atoms with Crippen molar-refractivity contribution in [1.29, 1.82) is 0 Å². The number of amides is 1. The maximum absolute atomic E-state index is 13.2. The van der Waals surface area contributed by atoms with Crippen LogP contribution >= 0.6 is 11.3 Å². The third-order valence-electron chi connectivity index (χ3n) is 5.31. The molecule has 7 nitrogen and oxygen atoms in total. The summed E-state index contributed by atoms with van der Waals surface area (Å²) in [6.45, 7) is 1.59. The topological polar surface area (TPSA) is 69.4 Å². The molecule has 1 saturated carbocycles. The average Bonchev–Trinajstić information content (AvgIpc) is 3.37. The number of fused-ring (bicyclic) bond motifs is 1. The average molecular weight is 376 g/mol. The second kappa shape index (κ2) is 7.36. The van der Waals surface area contributed by atoms with Crippen LogP contribution in [-0.4, -0.2) is 37.8 Å². The Labute approximate surface area is 156 Å². The standard InChI is InChI=1S/C18H24N4O3S/c1-20-18(24)21-8-9-25-15(17(21)19-20)11-16(23)22(13-5-2-3-6-13)12-14-7-4-10-26-14/h4,7,10,13,15H,2-3,5-6,8-9,11-12H2,1H3. The van der Waals surface area contributed by atoms with Crippen molar-refractivity contribution in [2.75, 3.05) is 6.61 Å². The lowest BCUT2D eigenvalue weighted by atomic mass is 10.1. The van der Waals surface area contributed by atoms with Crippen LogP contribution in [0.3, 0.4) is 0 Å². The van der Waals surface area contributed by atoms with Crippen molar-refractivity contribution in [3.63, 3.8) is 0 Å². The van der Waals surface area contributed by atoms with Crippen LogP contribution in [0.5, 0.6) is 0 Å². The molecule has 0 bridgehead atoms. The minimum atomic E-state index is -0.447. The van der Waals surface area contributed by atoms with E-state index in [1.165, 1.54) is 22.4 Å². The SMILES string of the molecule is Cn1nc2n(c1=O)CCOC2CC(=O)N(Cc1cccs1)C1CCCC1. The highest BCUT2D eigenvalue weighted by Crippen LogP contribution is 2.29. The van der Waals surface area contributed by atoms with Gasteiger partial charge in [-0.1, -0.05) is 18.9 Å². The lowest BCUT2D eigenvalue weighted by Crippen LogP contribution is -2.40. The van der Waals surface area contributed by atoms with E-state index in [2.05, 4.69) is 11.2 Å². The molecule has 1 atom stereocenters. The van der Waals surface area contributed by atoms with Gasteiger partial charge in [-0.05, 0) is 24.3 Å². The molecule has 0 radical (unpaired) electrons. The highest BCUT2D eigenvalue weighted by Gasteiger charge is 2.33. The van der Waals surface area contributed by atoms with E-state index in [0.29, 0.717) is 31.6 Å². The summed E-state index contributed by atoms with van der Waals surface area (Å²) in [5, 5.41) is 6.34. The van der Waals surface area contributed by atoms with Crippen LogP contribution in [0.4, 0.5) is 0 Å². The summed E-state index contributed by atoms with van der Waals surface area (Å²) in [6, 6.07) is 4.40. The second-order valence-electron chi connectivity index (χ2n) is 7.02. The summed E-state index contributed by atoms with van der Waals surface area (Å²) in [7, 11) is 1.63. The van der Waals surface area contributed by atoms with Crippen molar-refractivity contribution in [1.82, 2.24) is 19.2 Å². The second-order valence-corrected chi connectivity index (χ2v) is 8.05. The molecule has 1 aliphatic heterocycles. The Morgan fingerprint density at radius 1 is 1.42 bits per heavy atom. The van der Waals surface area contributed by atoms with E-state index in [1.54, 1.807) is 23.0 Å². The summed E-state index contributed by atoms with van der Waals surface area (Å²) < 4.78 is 8.76. The maximum atomic E-state index is 13.2. The highest BCUT2D eigenvalue weighted by atomic mass is 32.1. The number of rotatable bonds is 5. The van der Waals surface area contributed by atoms with E-state index in [9.17, 15) is 9.59 Å². The minimum absolute atomic E-state index is 0.0850. The molecule has 2 aliphatic rings. The fraction of sp³-hybridized carbons (Fsp3) is 0.611. The third kappa shape index (κ3) is 3.35. The molecule has 2 aromatic rings. The number of hydrogen-bond acceptors (Lipinski definition) is 5. The van der Waals surface area contributed by atoms with Crippen LogP contribution < -0.4 is 5.69 Å². The van der Waals surface area contributed by atoms with Gasteiger partial charge < -0.3 is 9.64 Å². The van der Waals surface area contributed by atoms with E-state index in [1.807, 2.05) is 16.3 Å². The Hall–Kier alpha value is -1.93. The van der Waals surface area contributed by atoms with Crippen molar-refractivity contribution in [2.24, 2.45) is 7.05 Å². The van der Waals surface area contributed by atoms with Gasteiger partial charge in [-0.25, -0.2) is 9.48 Å². The summed E-state index contributed by atoms with van der Waals surface area (Å²) in [6.07, 6.45) is 4.28. The number of nitrogens with zero attached hydrogens (tertiary/aromatic N) is 4. The van der Waals surface area contributed by atoms with E-state index in [-0.39, 0.29) is 18.0 Å². The molecule has 0 spiro atoms. The molecule has 4 rings (SSSR count). The largest absolute Gasteiger partial charge is 0.368 e. The Morgan fingerprint density at radius 2 is 2.23 bits per heavy atom. The first-order valence-electron chi connectivity index (χ1n) is 9.20. The van der Waals surface area contributed by atoms with Gasteiger partial charge in [0.25, 0.3) is 0 Å². The molecule has 1 amide bonds. The zero-order valence-corrected chi connectivity index (χ0v) is 15.8. The molecule has 140 valence electrons. The Balaban J connectivity index is 1.53. The first-order chi connectivity index (χ1) is 12.6. The van der Waals surface area contributed by atoms with Gasteiger partial charge in [0.05, 0.1) is 26.1 Å². The van der Waals surface area contributed by atoms with Gasteiger partial charge in [0.15, 0.2) is 5.82 Å². The Morgan fingerprint density at radius 3 is 2.96 bits per heavy atom. The monoisotopic (exact) mass is 376 g/mol. The van der Waals surface area contributed by atoms with Crippen LogP contribution in [0.25, 0.3) is 0 Å². The molecule has 1 aliphatic carbocycles. The van der Waals surface area contributed by atoms with Gasteiger partial charge >= 0.3 is 5.69 Å². The normalized spacial score (nSPS) is 20.3. The van der Waals surface area contributed by atoms with E-state index < -0.39 is 6.10 Å². The van der Waals surface area contributed by atoms with Crippen LogP contribution in [-0.2, 0) is 29.7 Å². The van der Waals surface area contributed by atoms with Gasteiger partial charge in [-0.2, -0.15) is 5.10 Å². The van der Waals surface area contributed by atoms with Crippen LogP contribution in [0, 0.1) is 0 Å². The smallest absolute Gasteiger partial charge is 0.345 e. The van der Waals surface area contributed by atoms with E-state index >= 15 is 0 Å². The molecule has 8 heteroatoms. The molecule has 0 saturated heterocycles. The summed E-state index contributed by atoms with van der Waals surface area (Å²) in [4.78, 5) is 28.5. The number of aryl methyl sites for hydroxylation is 1. The molecule has 1 fully saturated rings. The van der Waals surface area contributed by atoms with Crippen LogP contribution in [0.2, 0.25) is 0 Å². The zero-order valence-electron chi connectivity index (χ0n) is 15.0. The quantitative estimate of drug-likeness (QED) is 0.801. The Kier molecular flexibility index (Phi) is 4.95. The Bertz CT molecular complexity index is 820. The number of ether oxygens (including phenoxy) is 1. The number of carbonyl (C=O) groups is 1. The maximum Gasteiger partial charge on any atom is 0.345 e. The van der Waals surface area contributed by atoms with Crippen molar-refractivity contribution in [3.05, 3.63) is 38.7 Å². The first-order valence-corrected chi connectivity index (χ1v) is 10.1. The van der Waals surface area contributed by atoms with Crippen molar-refractivity contribution in [2.45, 2.75) is 57.3 Å².